The molecule has 1 aromatic rings. The minimum absolute atomic E-state index is 0.546. The molecule has 0 atom stereocenters. The summed E-state index contributed by atoms with van der Waals surface area (Å²) in [7, 11) is 0. The molecule has 0 N–H and O–H groups in total. The number of rotatable bonds is 0. The Morgan fingerprint density at radius 3 is 2.44 bits per heavy atom. The van der Waals surface area contributed by atoms with Crippen molar-refractivity contribution < 1.29 is 0 Å². The molecular weight excluding hydrogens is 132 g/mol. The Morgan fingerprint density at radius 1 is 1.56 bits per heavy atom. The Bertz CT molecular complexity index is 237. The Kier molecular flexibility index (Phi) is 1.50. The molecule has 0 aromatic carbocycles. The summed E-state index contributed by atoms with van der Waals surface area (Å²) in [6.45, 7) is 10.5. The highest BCUT2D eigenvalue weighted by atomic mass is 32.1. The molecule has 0 radical (unpaired) electrons. The highest BCUT2D eigenvalue weighted by molar-refractivity contribution is 7.15. The van der Waals surface area contributed by atoms with Gasteiger partial charge in [-0.3, -0.25) is 0 Å². The molecule has 0 saturated carbocycles. The zero-order valence-corrected chi connectivity index (χ0v) is 6.12. The van der Waals surface area contributed by atoms with Crippen molar-refractivity contribution in [3.63, 3.8) is 0 Å². The van der Waals surface area contributed by atoms with Crippen LogP contribution < -0.4 is 0 Å². The number of hydrogen-bond donors (Lipinski definition) is 0. The van der Waals surface area contributed by atoms with Crippen molar-refractivity contribution in [2.75, 3.05) is 0 Å². The Morgan fingerprint density at radius 2 is 2.22 bits per heavy atom. The van der Waals surface area contributed by atoms with Crippen LogP contribution in [0.25, 0.3) is 4.85 Å². The van der Waals surface area contributed by atoms with E-state index in [1.807, 2.05) is 13.8 Å². The molecule has 0 amide bonds. The minimum Gasteiger partial charge on any atom is -0.351 e. The SMILES string of the molecule is [C-]#[N+]c1nc(C)c(C)s1. The highest BCUT2D eigenvalue weighted by Crippen LogP contribution is 2.23. The lowest BCUT2D eigenvalue weighted by Gasteiger charge is -1.73. The van der Waals surface area contributed by atoms with Crippen LogP contribution in [0.5, 0.6) is 0 Å². The summed E-state index contributed by atoms with van der Waals surface area (Å²) in [6.07, 6.45) is 0. The number of thiazole rings is 1. The quantitative estimate of drug-likeness (QED) is 0.503. The van der Waals surface area contributed by atoms with E-state index < -0.39 is 0 Å². The molecule has 0 aliphatic rings. The van der Waals surface area contributed by atoms with E-state index in [0.29, 0.717) is 5.13 Å². The van der Waals surface area contributed by atoms with Crippen LogP contribution in [-0.2, 0) is 0 Å². The van der Waals surface area contributed by atoms with Crippen molar-refractivity contribution in [1.82, 2.24) is 4.98 Å². The summed E-state index contributed by atoms with van der Waals surface area (Å²) < 4.78 is 0. The first kappa shape index (κ1) is 6.24. The summed E-state index contributed by atoms with van der Waals surface area (Å²) >= 11 is 1.45. The van der Waals surface area contributed by atoms with Crippen LogP contribution in [0.1, 0.15) is 10.6 Å². The van der Waals surface area contributed by atoms with Gasteiger partial charge in [0.05, 0.1) is 0 Å². The maximum Gasteiger partial charge on any atom is 0.329 e. The molecule has 0 bridgehead atoms. The smallest absolute Gasteiger partial charge is 0.329 e. The summed E-state index contributed by atoms with van der Waals surface area (Å²) in [5, 5.41) is 0.546. The molecule has 1 heterocycles. The van der Waals surface area contributed by atoms with Gasteiger partial charge in [0.1, 0.15) is 5.69 Å². The first-order valence-electron chi connectivity index (χ1n) is 2.55. The summed E-state index contributed by atoms with van der Waals surface area (Å²) in [5.74, 6) is 0. The molecule has 0 spiro atoms. The van der Waals surface area contributed by atoms with Crippen LogP contribution in [0.4, 0.5) is 5.13 Å². The maximum atomic E-state index is 6.63. The van der Waals surface area contributed by atoms with E-state index in [-0.39, 0.29) is 0 Å². The standard InChI is InChI=1S/C6H6N2S/c1-4-5(2)9-6(7-3)8-4/h1-2H3. The van der Waals surface area contributed by atoms with E-state index in [2.05, 4.69) is 9.83 Å². The molecule has 0 unspecified atom stereocenters. The van der Waals surface area contributed by atoms with Crippen molar-refractivity contribution in [3.8, 4) is 0 Å². The molecule has 1 aromatic heterocycles. The zero-order chi connectivity index (χ0) is 6.85. The Balaban J connectivity index is 3.16. The van der Waals surface area contributed by atoms with Crippen LogP contribution >= 0.6 is 11.3 Å². The first-order chi connectivity index (χ1) is 4.24. The van der Waals surface area contributed by atoms with E-state index in [0.717, 1.165) is 10.6 Å². The molecule has 2 nitrogen and oxygen atoms in total. The lowest BCUT2D eigenvalue weighted by atomic mass is 10.4. The molecule has 1 rings (SSSR count). The minimum atomic E-state index is 0.546. The second-order valence-corrected chi connectivity index (χ2v) is 2.93. The third-order valence-corrected chi connectivity index (χ3v) is 2.08. The molecule has 46 valence electrons. The summed E-state index contributed by atoms with van der Waals surface area (Å²) in [6, 6.07) is 0. The molecule has 0 saturated heterocycles. The van der Waals surface area contributed by atoms with Gasteiger partial charge in [0.2, 0.25) is 0 Å². The van der Waals surface area contributed by atoms with E-state index in [1.54, 1.807) is 0 Å². The maximum absolute atomic E-state index is 6.63. The van der Waals surface area contributed by atoms with Crippen molar-refractivity contribution >= 4 is 16.5 Å². The Hall–Kier alpha value is -0.880. The van der Waals surface area contributed by atoms with E-state index in [4.69, 9.17) is 6.57 Å². The van der Waals surface area contributed by atoms with E-state index in [1.165, 1.54) is 11.3 Å². The van der Waals surface area contributed by atoms with E-state index >= 15 is 0 Å². The van der Waals surface area contributed by atoms with E-state index in [9.17, 15) is 0 Å². The Labute approximate surface area is 58.0 Å². The van der Waals surface area contributed by atoms with Crippen LogP contribution in [0.3, 0.4) is 0 Å². The largest absolute Gasteiger partial charge is 0.351 e. The lowest BCUT2D eigenvalue weighted by Crippen LogP contribution is -1.69. The molecule has 0 fully saturated rings. The topological polar surface area (TPSA) is 17.2 Å². The second kappa shape index (κ2) is 2.16. The average molecular weight is 138 g/mol. The van der Waals surface area contributed by atoms with Gasteiger partial charge in [0.15, 0.2) is 0 Å². The summed E-state index contributed by atoms with van der Waals surface area (Å²) in [5.41, 5.74) is 0.978. The lowest BCUT2D eigenvalue weighted by molar-refractivity contribution is 1.24. The van der Waals surface area contributed by atoms with Gasteiger partial charge >= 0.3 is 5.13 Å². The number of hydrogen-bond acceptors (Lipinski definition) is 2. The zero-order valence-electron chi connectivity index (χ0n) is 5.30. The third-order valence-electron chi connectivity index (χ3n) is 1.11. The number of nitrogens with zero attached hydrogens (tertiary/aromatic N) is 2. The van der Waals surface area contributed by atoms with Gasteiger partial charge in [-0.2, -0.15) is 0 Å². The van der Waals surface area contributed by atoms with Gasteiger partial charge in [-0.15, -0.1) is 16.3 Å². The predicted molar refractivity (Wildman–Crippen MR) is 37.9 cm³/mol. The van der Waals surface area contributed by atoms with Gasteiger partial charge < -0.3 is 4.85 Å². The third kappa shape index (κ3) is 1.08. The van der Waals surface area contributed by atoms with Crippen molar-refractivity contribution in [2.45, 2.75) is 13.8 Å². The summed E-state index contributed by atoms with van der Waals surface area (Å²) in [4.78, 5) is 8.34. The highest BCUT2D eigenvalue weighted by Gasteiger charge is 2.03. The van der Waals surface area contributed by atoms with Crippen molar-refractivity contribution in [1.29, 1.82) is 0 Å². The van der Waals surface area contributed by atoms with Crippen molar-refractivity contribution in [2.24, 2.45) is 0 Å². The fourth-order valence-corrected chi connectivity index (χ4v) is 1.20. The fraction of sp³-hybridized carbons (Fsp3) is 0.333. The van der Waals surface area contributed by atoms with Gasteiger partial charge in [-0.25, -0.2) is 0 Å². The first-order valence-corrected chi connectivity index (χ1v) is 3.37. The fourth-order valence-electron chi connectivity index (χ4n) is 0.504. The van der Waals surface area contributed by atoms with Gasteiger partial charge in [0.25, 0.3) is 0 Å². The second-order valence-electron chi connectivity index (χ2n) is 1.75. The average Bonchev–Trinajstić information content (AvgIpc) is 2.13. The van der Waals surface area contributed by atoms with Crippen LogP contribution in [-0.4, -0.2) is 4.98 Å². The molecular formula is C6H6N2S. The number of aryl methyl sites for hydroxylation is 2. The monoisotopic (exact) mass is 138 g/mol. The van der Waals surface area contributed by atoms with Crippen LogP contribution in [0.15, 0.2) is 0 Å². The molecule has 3 heteroatoms. The van der Waals surface area contributed by atoms with Gasteiger partial charge in [0, 0.05) is 11.8 Å². The molecule has 0 aliphatic heterocycles. The van der Waals surface area contributed by atoms with Crippen molar-refractivity contribution in [3.05, 3.63) is 22.0 Å². The van der Waals surface area contributed by atoms with Gasteiger partial charge in [-0.1, -0.05) is 6.57 Å². The normalized spacial score (nSPS) is 9.00. The molecule has 0 aliphatic carbocycles. The predicted octanol–water partition coefficient (Wildman–Crippen LogP) is 2.31. The molecule has 9 heavy (non-hydrogen) atoms. The number of aromatic nitrogens is 1. The van der Waals surface area contributed by atoms with Crippen LogP contribution in [0.2, 0.25) is 0 Å². The van der Waals surface area contributed by atoms with Crippen LogP contribution in [0, 0.1) is 20.4 Å². The van der Waals surface area contributed by atoms with Gasteiger partial charge in [-0.05, 0) is 6.92 Å².